The molecule has 0 bridgehead atoms. The molecule has 0 aliphatic heterocycles. The number of carbonyl (C=O) groups excluding carboxylic acids is 2. The number of rotatable bonds is 40. The average Bonchev–Trinajstić information content (AvgIpc) is 3.09. The van der Waals surface area contributed by atoms with Crippen molar-refractivity contribution in [2.45, 2.75) is 97.5 Å². The maximum Gasteiger partial charge on any atom is 0.407 e. The SMILES string of the molecule is CCCCCCCCCCCC(=O)OCCOCCOCCOCCOCCOCCOCCOCCOCCOCCNC(=O)OC(C)(C)C. The highest BCUT2D eigenvalue weighted by molar-refractivity contribution is 5.69. The Morgan fingerprint density at radius 1 is 0.431 bits per heavy atom. The predicted octanol–water partition coefficient (Wildman–Crippen LogP) is 5.12. The maximum absolute atomic E-state index is 11.8. The third-order valence-corrected chi connectivity index (χ3v) is 6.87. The van der Waals surface area contributed by atoms with Crippen molar-refractivity contribution in [3.63, 3.8) is 0 Å². The number of carbonyl (C=O) groups is 2. The van der Waals surface area contributed by atoms with Gasteiger partial charge in [0.25, 0.3) is 0 Å². The van der Waals surface area contributed by atoms with Crippen LogP contribution in [0.5, 0.6) is 0 Å². The number of hydrogen-bond donors (Lipinski definition) is 1. The molecule has 14 heteroatoms. The summed E-state index contributed by atoms with van der Waals surface area (Å²) in [6.07, 6.45) is 11.1. The Kier molecular flexibility index (Phi) is 38.3. The zero-order valence-corrected chi connectivity index (χ0v) is 32.5. The number of amides is 1. The van der Waals surface area contributed by atoms with E-state index < -0.39 is 11.7 Å². The van der Waals surface area contributed by atoms with Gasteiger partial charge in [-0.25, -0.2) is 4.79 Å². The van der Waals surface area contributed by atoms with E-state index in [-0.39, 0.29) is 12.6 Å². The van der Waals surface area contributed by atoms with Crippen molar-refractivity contribution >= 4 is 12.1 Å². The standard InChI is InChI=1S/C37H73NO13/c1-5-6-7-8-9-10-11-12-13-14-35(39)50-34-33-49-32-31-48-30-29-47-28-27-46-26-25-45-24-23-44-22-21-43-20-19-42-18-17-41-16-15-38-36(40)51-37(2,3)4/h5-34H2,1-4H3,(H,38,40). The fraction of sp³-hybridized carbons (Fsp3) is 0.946. The van der Waals surface area contributed by atoms with Crippen molar-refractivity contribution in [1.82, 2.24) is 5.32 Å². The fourth-order valence-corrected chi connectivity index (χ4v) is 4.27. The summed E-state index contributed by atoms with van der Waals surface area (Å²) in [6, 6.07) is 0. The Morgan fingerprint density at radius 2 is 0.745 bits per heavy atom. The normalized spacial score (nSPS) is 11.6. The molecule has 1 amide bonds. The first-order chi connectivity index (χ1) is 24.8. The predicted molar refractivity (Wildman–Crippen MR) is 194 cm³/mol. The largest absolute Gasteiger partial charge is 0.463 e. The topological polar surface area (TPSA) is 148 Å². The van der Waals surface area contributed by atoms with E-state index in [1.165, 1.54) is 44.9 Å². The summed E-state index contributed by atoms with van der Waals surface area (Å²) in [5.41, 5.74) is -0.513. The van der Waals surface area contributed by atoms with Gasteiger partial charge in [-0.05, 0) is 27.2 Å². The van der Waals surface area contributed by atoms with Crippen LogP contribution in [0.3, 0.4) is 0 Å². The Hall–Kier alpha value is -1.62. The van der Waals surface area contributed by atoms with Crippen LogP contribution in [0, 0.1) is 0 Å². The summed E-state index contributed by atoms with van der Waals surface area (Å²) in [7, 11) is 0. The molecule has 304 valence electrons. The molecule has 0 heterocycles. The molecule has 0 unspecified atom stereocenters. The second-order valence-electron chi connectivity index (χ2n) is 12.7. The van der Waals surface area contributed by atoms with Gasteiger partial charge in [0, 0.05) is 13.0 Å². The van der Waals surface area contributed by atoms with Gasteiger partial charge in [0.2, 0.25) is 0 Å². The van der Waals surface area contributed by atoms with E-state index in [1.807, 2.05) is 20.8 Å². The fourth-order valence-electron chi connectivity index (χ4n) is 4.27. The summed E-state index contributed by atoms with van der Waals surface area (Å²) in [4.78, 5) is 23.3. The molecule has 0 saturated carbocycles. The molecule has 0 radical (unpaired) electrons. The average molecular weight is 740 g/mol. The van der Waals surface area contributed by atoms with Gasteiger partial charge in [-0.3, -0.25) is 4.79 Å². The molecule has 0 aromatic carbocycles. The molecule has 0 rings (SSSR count). The highest BCUT2D eigenvalue weighted by Gasteiger charge is 2.15. The van der Waals surface area contributed by atoms with Crippen LogP contribution < -0.4 is 5.32 Å². The third kappa shape index (κ3) is 44.5. The van der Waals surface area contributed by atoms with Crippen LogP contribution in [-0.2, 0) is 56.9 Å². The van der Waals surface area contributed by atoms with Gasteiger partial charge in [0.1, 0.15) is 12.2 Å². The summed E-state index contributed by atoms with van der Waals surface area (Å²) < 4.78 is 59.5. The number of esters is 1. The molecule has 0 saturated heterocycles. The van der Waals surface area contributed by atoms with Gasteiger partial charge in [-0.1, -0.05) is 58.3 Å². The summed E-state index contributed by atoms with van der Waals surface area (Å²) >= 11 is 0. The van der Waals surface area contributed by atoms with Crippen LogP contribution in [0.15, 0.2) is 0 Å². The first-order valence-corrected chi connectivity index (χ1v) is 19.2. The van der Waals surface area contributed by atoms with Crippen molar-refractivity contribution in [3.05, 3.63) is 0 Å². The van der Waals surface area contributed by atoms with Crippen LogP contribution in [0.25, 0.3) is 0 Å². The van der Waals surface area contributed by atoms with Gasteiger partial charge in [0.15, 0.2) is 0 Å². The zero-order chi connectivity index (χ0) is 37.4. The van der Waals surface area contributed by atoms with Gasteiger partial charge in [-0.2, -0.15) is 0 Å². The lowest BCUT2D eigenvalue weighted by Gasteiger charge is -2.19. The molecule has 1 N–H and O–H groups in total. The van der Waals surface area contributed by atoms with Crippen LogP contribution >= 0.6 is 0 Å². The van der Waals surface area contributed by atoms with E-state index in [2.05, 4.69) is 12.2 Å². The first kappa shape index (κ1) is 49.4. The number of alkyl carbamates (subject to hydrolysis) is 1. The molecule has 14 nitrogen and oxygen atoms in total. The van der Waals surface area contributed by atoms with Gasteiger partial charge in [-0.15, -0.1) is 0 Å². The lowest BCUT2D eigenvalue weighted by molar-refractivity contribution is -0.145. The first-order valence-electron chi connectivity index (χ1n) is 19.2. The van der Waals surface area contributed by atoms with Crippen molar-refractivity contribution in [1.29, 1.82) is 0 Å². The van der Waals surface area contributed by atoms with E-state index in [4.69, 9.17) is 52.1 Å². The van der Waals surface area contributed by atoms with Crippen molar-refractivity contribution in [3.8, 4) is 0 Å². The molecule has 0 aliphatic rings. The van der Waals surface area contributed by atoms with Crippen molar-refractivity contribution in [2.75, 3.05) is 132 Å². The number of hydrogen-bond acceptors (Lipinski definition) is 13. The lowest BCUT2D eigenvalue weighted by Crippen LogP contribution is -2.34. The van der Waals surface area contributed by atoms with Gasteiger partial charge < -0.3 is 57.4 Å². The van der Waals surface area contributed by atoms with Crippen LogP contribution in [-0.4, -0.2) is 150 Å². The zero-order valence-electron chi connectivity index (χ0n) is 32.5. The minimum atomic E-state index is -0.513. The summed E-state index contributed by atoms with van der Waals surface area (Å²) in [5.74, 6) is -0.140. The monoisotopic (exact) mass is 740 g/mol. The molecule has 0 aromatic heterocycles. The van der Waals surface area contributed by atoms with E-state index in [1.54, 1.807) is 0 Å². The lowest BCUT2D eigenvalue weighted by atomic mass is 10.1. The molecular formula is C37H73NO13. The second kappa shape index (κ2) is 39.6. The number of unbranched alkanes of at least 4 members (excludes halogenated alkanes) is 8. The Labute approximate surface area is 308 Å². The van der Waals surface area contributed by atoms with E-state index >= 15 is 0 Å². The van der Waals surface area contributed by atoms with E-state index in [0.29, 0.717) is 132 Å². The summed E-state index contributed by atoms with van der Waals surface area (Å²) in [6.45, 7) is 16.7. The van der Waals surface area contributed by atoms with Gasteiger partial charge >= 0.3 is 12.1 Å². The number of ether oxygens (including phenoxy) is 11. The van der Waals surface area contributed by atoms with Crippen LogP contribution in [0.1, 0.15) is 91.9 Å². The van der Waals surface area contributed by atoms with Crippen molar-refractivity contribution < 1.29 is 61.7 Å². The highest BCUT2D eigenvalue weighted by atomic mass is 16.6. The van der Waals surface area contributed by atoms with Gasteiger partial charge in [0.05, 0.1) is 119 Å². The van der Waals surface area contributed by atoms with Crippen LogP contribution in [0.4, 0.5) is 4.79 Å². The Morgan fingerprint density at radius 3 is 1.10 bits per heavy atom. The molecule has 0 aliphatic carbocycles. The molecular weight excluding hydrogens is 666 g/mol. The van der Waals surface area contributed by atoms with E-state index in [9.17, 15) is 9.59 Å². The summed E-state index contributed by atoms with van der Waals surface area (Å²) in [5, 5.41) is 2.63. The molecule has 51 heavy (non-hydrogen) atoms. The maximum atomic E-state index is 11.8. The van der Waals surface area contributed by atoms with E-state index in [0.717, 1.165) is 12.8 Å². The highest BCUT2D eigenvalue weighted by Crippen LogP contribution is 2.11. The molecule has 0 atom stereocenters. The minimum Gasteiger partial charge on any atom is -0.463 e. The molecule has 0 fully saturated rings. The number of nitrogens with one attached hydrogen (secondary N) is 1. The third-order valence-electron chi connectivity index (χ3n) is 6.87. The quantitative estimate of drug-likeness (QED) is 0.0655. The van der Waals surface area contributed by atoms with Crippen LogP contribution in [0.2, 0.25) is 0 Å². The minimum absolute atomic E-state index is 0.140. The molecule has 0 spiro atoms. The molecule has 0 aromatic rings. The van der Waals surface area contributed by atoms with Crippen molar-refractivity contribution in [2.24, 2.45) is 0 Å². The Balaban J connectivity index is 3.15. The Bertz CT molecular complexity index is 740. The smallest absolute Gasteiger partial charge is 0.407 e. The second-order valence-corrected chi connectivity index (χ2v) is 12.7.